The van der Waals surface area contributed by atoms with E-state index in [-0.39, 0.29) is 11.8 Å². The SMILES string of the molecule is O=C1NC(=O)C(N2CCCC2)=C1c1c[nH]c2ccccc12. The molecule has 3 heterocycles. The summed E-state index contributed by atoms with van der Waals surface area (Å²) < 4.78 is 0. The molecule has 2 aliphatic rings. The van der Waals surface area contributed by atoms with Crippen LogP contribution in [0, 0.1) is 0 Å². The van der Waals surface area contributed by atoms with Gasteiger partial charge in [-0.15, -0.1) is 0 Å². The highest BCUT2D eigenvalue weighted by atomic mass is 16.2. The number of nitrogens with zero attached hydrogens (tertiary/aromatic N) is 1. The van der Waals surface area contributed by atoms with Gasteiger partial charge in [-0.1, -0.05) is 18.2 Å². The fourth-order valence-electron chi connectivity index (χ4n) is 3.22. The zero-order valence-electron chi connectivity index (χ0n) is 11.5. The molecule has 4 rings (SSSR count). The van der Waals surface area contributed by atoms with Gasteiger partial charge in [0, 0.05) is 35.8 Å². The van der Waals surface area contributed by atoms with Gasteiger partial charge in [0.15, 0.2) is 0 Å². The molecule has 1 saturated heterocycles. The van der Waals surface area contributed by atoms with Crippen LogP contribution in [0.2, 0.25) is 0 Å². The van der Waals surface area contributed by atoms with E-state index in [1.165, 1.54) is 0 Å². The number of aromatic amines is 1. The minimum atomic E-state index is -0.299. The number of likely N-dealkylation sites (tertiary alicyclic amines) is 1. The van der Waals surface area contributed by atoms with Gasteiger partial charge in [-0.05, 0) is 18.9 Å². The summed E-state index contributed by atoms with van der Waals surface area (Å²) in [5, 5.41) is 3.41. The maximum Gasteiger partial charge on any atom is 0.275 e. The predicted octanol–water partition coefficient (Wildman–Crippen LogP) is 1.63. The molecule has 0 unspecified atom stereocenters. The maximum absolute atomic E-state index is 12.3. The lowest BCUT2D eigenvalue weighted by Crippen LogP contribution is -2.29. The molecule has 5 heteroatoms. The van der Waals surface area contributed by atoms with E-state index >= 15 is 0 Å². The molecule has 1 aromatic heterocycles. The van der Waals surface area contributed by atoms with Crippen molar-refractivity contribution in [3.63, 3.8) is 0 Å². The Morgan fingerprint density at radius 2 is 1.76 bits per heavy atom. The Labute approximate surface area is 121 Å². The lowest BCUT2D eigenvalue weighted by molar-refractivity contribution is -0.124. The van der Waals surface area contributed by atoms with Crippen molar-refractivity contribution in [2.45, 2.75) is 12.8 Å². The highest BCUT2D eigenvalue weighted by Crippen LogP contribution is 2.32. The number of rotatable bonds is 2. The molecule has 0 aliphatic carbocycles. The molecule has 2 N–H and O–H groups in total. The van der Waals surface area contributed by atoms with E-state index in [0.29, 0.717) is 11.3 Å². The summed E-state index contributed by atoms with van der Waals surface area (Å²) in [7, 11) is 0. The summed E-state index contributed by atoms with van der Waals surface area (Å²) in [5.41, 5.74) is 2.80. The Morgan fingerprint density at radius 1 is 1.00 bits per heavy atom. The summed E-state index contributed by atoms with van der Waals surface area (Å²) in [6.07, 6.45) is 3.94. The van der Waals surface area contributed by atoms with Crippen LogP contribution in [0.25, 0.3) is 16.5 Å². The topological polar surface area (TPSA) is 65.2 Å². The summed E-state index contributed by atoms with van der Waals surface area (Å²) in [6.45, 7) is 1.67. The number of aromatic nitrogens is 1. The van der Waals surface area contributed by atoms with Crippen LogP contribution >= 0.6 is 0 Å². The van der Waals surface area contributed by atoms with Gasteiger partial charge in [0.25, 0.3) is 11.8 Å². The van der Waals surface area contributed by atoms with Crippen LogP contribution in [0.1, 0.15) is 18.4 Å². The van der Waals surface area contributed by atoms with Gasteiger partial charge in [-0.25, -0.2) is 0 Å². The van der Waals surface area contributed by atoms with Gasteiger partial charge < -0.3 is 9.88 Å². The van der Waals surface area contributed by atoms with Crippen molar-refractivity contribution in [1.82, 2.24) is 15.2 Å². The second kappa shape index (κ2) is 4.48. The smallest absolute Gasteiger partial charge is 0.275 e. The van der Waals surface area contributed by atoms with Gasteiger partial charge in [-0.3, -0.25) is 14.9 Å². The number of imide groups is 1. The number of carbonyl (C=O) groups excluding carboxylic acids is 2. The number of carbonyl (C=O) groups is 2. The van der Waals surface area contributed by atoms with Crippen molar-refractivity contribution in [3.05, 3.63) is 41.7 Å². The number of hydrogen-bond acceptors (Lipinski definition) is 3. The Kier molecular flexibility index (Phi) is 2.60. The largest absolute Gasteiger partial charge is 0.366 e. The molecule has 1 fully saturated rings. The molecule has 0 spiro atoms. The molecular weight excluding hydrogens is 266 g/mol. The van der Waals surface area contributed by atoms with Crippen molar-refractivity contribution in [3.8, 4) is 0 Å². The third-order valence-corrected chi connectivity index (χ3v) is 4.19. The Bertz CT molecular complexity index is 782. The number of benzene rings is 1. The van der Waals surface area contributed by atoms with Gasteiger partial charge in [-0.2, -0.15) is 0 Å². The zero-order valence-corrected chi connectivity index (χ0v) is 11.5. The summed E-state index contributed by atoms with van der Waals surface area (Å²) in [4.78, 5) is 29.6. The lowest BCUT2D eigenvalue weighted by atomic mass is 10.0. The molecule has 0 atom stereocenters. The second-order valence-electron chi connectivity index (χ2n) is 5.45. The molecule has 2 amide bonds. The zero-order chi connectivity index (χ0) is 14.4. The van der Waals surface area contributed by atoms with E-state index < -0.39 is 0 Å². The molecular formula is C16H15N3O2. The number of nitrogens with one attached hydrogen (secondary N) is 2. The van der Waals surface area contributed by atoms with Gasteiger partial charge in [0.05, 0.1) is 5.57 Å². The van der Waals surface area contributed by atoms with E-state index in [2.05, 4.69) is 10.3 Å². The van der Waals surface area contributed by atoms with Gasteiger partial charge in [0.2, 0.25) is 0 Å². The molecule has 5 nitrogen and oxygen atoms in total. The molecule has 0 saturated carbocycles. The summed E-state index contributed by atoms with van der Waals surface area (Å²) in [5.74, 6) is -0.575. The van der Waals surface area contributed by atoms with Crippen LogP contribution in [-0.2, 0) is 9.59 Å². The Balaban J connectivity index is 1.94. The molecule has 2 aliphatic heterocycles. The highest BCUT2D eigenvalue weighted by Gasteiger charge is 2.36. The summed E-state index contributed by atoms with van der Waals surface area (Å²) in [6, 6.07) is 7.80. The minimum absolute atomic E-state index is 0.276. The van der Waals surface area contributed by atoms with E-state index in [9.17, 15) is 9.59 Å². The molecule has 2 aromatic rings. The van der Waals surface area contributed by atoms with Crippen molar-refractivity contribution < 1.29 is 9.59 Å². The first-order valence-electron chi connectivity index (χ1n) is 7.17. The number of para-hydroxylation sites is 1. The molecule has 1 aromatic carbocycles. The van der Waals surface area contributed by atoms with Gasteiger partial charge >= 0.3 is 0 Å². The van der Waals surface area contributed by atoms with Crippen LogP contribution in [0.3, 0.4) is 0 Å². The van der Waals surface area contributed by atoms with Gasteiger partial charge in [0.1, 0.15) is 5.70 Å². The van der Waals surface area contributed by atoms with Crippen LogP contribution in [0.5, 0.6) is 0 Å². The van der Waals surface area contributed by atoms with Crippen molar-refractivity contribution in [2.24, 2.45) is 0 Å². The average molecular weight is 281 g/mol. The number of hydrogen-bond donors (Lipinski definition) is 2. The summed E-state index contributed by atoms with van der Waals surface area (Å²) >= 11 is 0. The van der Waals surface area contributed by atoms with Crippen LogP contribution in [0.4, 0.5) is 0 Å². The van der Waals surface area contributed by atoms with Crippen molar-refractivity contribution >= 4 is 28.3 Å². The van der Waals surface area contributed by atoms with Crippen LogP contribution in [-0.4, -0.2) is 34.8 Å². The van der Waals surface area contributed by atoms with Crippen molar-refractivity contribution in [2.75, 3.05) is 13.1 Å². The second-order valence-corrected chi connectivity index (χ2v) is 5.45. The van der Waals surface area contributed by atoms with Crippen LogP contribution in [0.15, 0.2) is 36.2 Å². The van der Waals surface area contributed by atoms with E-state index in [4.69, 9.17) is 0 Å². The predicted molar refractivity (Wildman–Crippen MR) is 79.2 cm³/mol. The third kappa shape index (κ3) is 1.77. The molecule has 21 heavy (non-hydrogen) atoms. The first-order chi connectivity index (χ1) is 10.3. The monoisotopic (exact) mass is 281 g/mol. The van der Waals surface area contributed by atoms with E-state index in [1.807, 2.05) is 35.4 Å². The average Bonchev–Trinajstić information content (AvgIpc) is 3.17. The highest BCUT2D eigenvalue weighted by molar-refractivity contribution is 6.37. The van der Waals surface area contributed by atoms with Crippen LogP contribution < -0.4 is 5.32 Å². The minimum Gasteiger partial charge on any atom is -0.366 e. The molecule has 0 bridgehead atoms. The quantitative estimate of drug-likeness (QED) is 0.822. The van der Waals surface area contributed by atoms with E-state index in [1.54, 1.807) is 0 Å². The number of amides is 2. The molecule has 106 valence electrons. The number of fused-ring (bicyclic) bond motifs is 1. The normalized spacial score (nSPS) is 19.0. The standard InChI is InChI=1S/C16H15N3O2/c20-15-13(11-9-17-12-6-2-1-5-10(11)12)14(16(21)18-15)19-7-3-4-8-19/h1-2,5-6,9,17H,3-4,7-8H2,(H,18,20,21). The third-order valence-electron chi connectivity index (χ3n) is 4.19. The maximum atomic E-state index is 12.3. The number of H-pyrrole nitrogens is 1. The first kappa shape index (κ1) is 12.2. The van der Waals surface area contributed by atoms with Crippen molar-refractivity contribution in [1.29, 1.82) is 0 Å². The molecule has 0 radical (unpaired) electrons. The Morgan fingerprint density at radius 3 is 2.57 bits per heavy atom. The first-order valence-corrected chi connectivity index (χ1v) is 7.17. The fraction of sp³-hybridized carbons (Fsp3) is 0.250. The van der Waals surface area contributed by atoms with E-state index in [0.717, 1.165) is 42.4 Å². The Hall–Kier alpha value is -2.56. The fourth-order valence-corrected chi connectivity index (χ4v) is 3.22. The lowest BCUT2D eigenvalue weighted by Gasteiger charge is -2.18.